The summed E-state index contributed by atoms with van der Waals surface area (Å²) in [5, 5.41) is 11.8. The molecule has 0 unspecified atom stereocenters. The summed E-state index contributed by atoms with van der Waals surface area (Å²) < 4.78 is 13.3. The van der Waals surface area contributed by atoms with Gasteiger partial charge in [0.2, 0.25) is 0 Å². The van der Waals surface area contributed by atoms with Crippen LogP contribution in [0.25, 0.3) is 0 Å². The van der Waals surface area contributed by atoms with E-state index >= 15 is 0 Å². The molecule has 5 heteroatoms. The highest BCUT2D eigenvalue weighted by Gasteiger charge is 2.14. The molecule has 0 bridgehead atoms. The lowest BCUT2D eigenvalue weighted by Crippen LogP contribution is -2.12. The number of hydrogen-bond acceptors (Lipinski definition) is 3. The number of phenols is 1. The summed E-state index contributed by atoms with van der Waals surface area (Å²) in [4.78, 5) is 22.5. The number of benzene rings is 2. The molecule has 2 N–H and O–H groups in total. The lowest BCUT2D eigenvalue weighted by Gasteiger charge is -2.07. The van der Waals surface area contributed by atoms with Gasteiger partial charge in [-0.3, -0.25) is 9.59 Å². The number of aldehydes is 1. The van der Waals surface area contributed by atoms with Crippen LogP contribution in [-0.4, -0.2) is 17.3 Å². The SMILES string of the molecule is O=Cc1cc(C(=O)Nc2ccccc2)cc(F)c1O. The predicted octanol–water partition coefficient (Wildman–Crippen LogP) is 2.60. The maximum atomic E-state index is 13.3. The number of amides is 1. The van der Waals surface area contributed by atoms with E-state index < -0.39 is 17.5 Å². The summed E-state index contributed by atoms with van der Waals surface area (Å²) >= 11 is 0. The fourth-order valence-electron chi connectivity index (χ4n) is 1.57. The summed E-state index contributed by atoms with van der Waals surface area (Å²) in [5.41, 5.74) is 0.244. The van der Waals surface area contributed by atoms with Crippen LogP contribution in [0.1, 0.15) is 20.7 Å². The Morgan fingerprint density at radius 2 is 1.89 bits per heavy atom. The van der Waals surface area contributed by atoms with E-state index in [4.69, 9.17) is 0 Å². The van der Waals surface area contributed by atoms with Gasteiger partial charge in [-0.25, -0.2) is 4.39 Å². The monoisotopic (exact) mass is 259 g/mol. The smallest absolute Gasteiger partial charge is 0.255 e. The molecular weight excluding hydrogens is 249 g/mol. The van der Waals surface area contributed by atoms with Crippen molar-refractivity contribution in [2.45, 2.75) is 0 Å². The Bertz CT molecular complexity index is 626. The first kappa shape index (κ1) is 12.8. The van der Waals surface area contributed by atoms with Gasteiger partial charge in [0, 0.05) is 11.3 Å². The third kappa shape index (κ3) is 2.77. The molecule has 1 amide bonds. The molecule has 0 aliphatic rings. The number of rotatable bonds is 3. The molecule has 0 fully saturated rings. The number of halogens is 1. The highest BCUT2D eigenvalue weighted by atomic mass is 19.1. The number of hydrogen-bond donors (Lipinski definition) is 2. The Kier molecular flexibility index (Phi) is 3.56. The Morgan fingerprint density at radius 3 is 2.53 bits per heavy atom. The van der Waals surface area contributed by atoms with E-state index in [1.807, 2.05) is 0 Å². The standard InChI is InChI=1S/C14H10FNO3/c15-12-7-9(6-10(8-17)13(12)18)14(19)16-11-4-2-1-3-5-11/h1-8,18H,(H,16,19). The molecule has 0 spiro atoms. The van der Waals surface area contributed by atoms with E-state index in [-0.39, 0.29) is 17.4 Å². The Balaban J connectivity index is 2.29. The van der Waals surface area contributed by atoms with Gasteiger partial charge >= 0.3 is 0 Å². The van der Waals surface area contributed by atoms with Crippen molar-refractivity contribution >= 4 is 17.9 Å². The lowest BCUT2D eigenvalue weighted by molar-refractivity contribution is 0.102. The van der Waals surface area contributed by atoms with E-state index in [2.05, 4.69) is 5.32 Å². The minimum Gasteiger partial charge on any atom is -0.504 e. The first-order chi connectivity index (χ1) is 9.11. The maximum Gasteiger partial charge on any atom is 0.255 e. The molecule has 4 nitrogen and oxygen atoms in total. The number of carbonyl (C=O) groups excluding carboxylic acids is 2. The average Bonchev–Trinajstić information content (AvgIpc) is 2.42. The second-order valence-electron chi connectivity index (χ2n) is 3.83. The third-order valence-electron chi connectivity index (χ3n) is 2.51. The van der Waals surface area contributed by atoms with E-state index in [0.717, 1.165) is 12.1 Å². The fraction of sp³-hybridized carbons (Fsp3) is 0. The number of aromatic hydroxyl groups is 1. The molecule has 2 rings (SSSR count). The van der Waals surface area contributed by atoms with Gasteiger partial charge in [0.15, 0.2) is 17.9 Å². The van der Waals surface area contributed by atoms with Crippen molar-refractivity contribution in [3.63, 3.8) is 0 Å². The van der Waals surface area contributed by atoms with Gasteiger partial charge in [-0.2, -0.15) is 0 Å². The van der Waals surface area contributed by atoms with E-state index in [9.17, 15) is 19.1 Å². The van der Waals surface area contributed by atoms with Crippen LogP contribution in [0.2, 0.25) is 0 Å². The summed E-state index contributed by atoms with van der Waals surface area (Å²) in [7, 11) is 0. The Morgan fingerprint density at radius 1 is 1.21 bits per heavy atom. The quantitative estimate of drug-likeness (QED) is 0.832. The van der Waals surface area contributed by atoms with Crippen molar-refractivity contribution in [3.05, 3.63) is 59.4 Å². The van der Waals surface area contributed by atoms with E-state index in [0.29, 0.717) is 5.69 Å². The highest BCUT2D eigenvalue weighted by Crippen LogP contribution is 2.22. The van der Waals surface area contributed by atoms with Crippen LogP contribution in [-0.2, 0) is 0 Å². The van der Waals surface area contributed by atoms with Crippen LogP contribution in [0.3, 0.4) is 0 Å². The van der Waals surface area contributed by atoms with Crippen molar-refractivity contribution in [1.82, 2.24) is 0 Å². The van der Waals surface area contributed by atoms with Crippen LogP contribution in [0.4, 0.5) is 10.1 Å². The molecule has 2 aromatic rings. The van der Waals surface area contributed by atoms with Crippen LogP contribution in [0.15, 0.2) is 42.5 Å². The molecule has 2 aromatic carbocycles. The lowest BCUT2D eigenvalue weighted by atomic mass is 10.1. The van der Waals surface area contributed by atoms with Gasteiger partial charge in [-0.15, -0.1) is 0 Å². The van der Waals surface area contributed by atoms with Gasteiger partial charge in [0.05, 0.1) is 5.56 Å². The van der Waals surface area contributed by atoms with Crippen molar-refractivity contribution < 1.29 is 19.1 Å². The third-order valence-corrected chi connectivity index (χ3v) is 2.51. The Hall–Kier alpha value is -2.69. The first-order valence-electron chi connectivity index (χ1n) is 5.46. The fourth-order valence-corrected chi connectivity index (χ4v) is 1.57. The molecule has 19 heavy (non-hydrogen) atoms. The molecule has 0 saturated carbocycles. The highest BCUT2D eigenvalue weighted by molar-refractivity contribution is 6.05. The summed E-state index contributed by atoms with van der Waals surface area (Å²) in [6.45, 7) is 0. The largest absolute Gasteiger partial charge is 0.504 e. The van der Waals surface area contributed by atoms with Gasteiger partial charge in [-0.1, -0.05) is 18.2 Å². The van der Waals surface area contributed by atoms with Gasteiger partial charge in [0.1, 0.15) is 0 Å². The molecule has 0 saturated heterocycles. The van der Waals surface area contributed by atoms with Crippen LogP contribution < -0.4 is 5.32 Å². The number of phenolic OH excluding ortho intramolecular Hbond substituents is 1. The summed E-state index contributed by atoms with van der Waals surface area (Å²) in [6.07, 6.45) is 0.289. The summed E-state index contributed by atoms with van der Waals surface area (Å²) in [5.74, 6) is -2.33. The first-order valence-corrected chi connectivity index (χ1v) is 5.46. The van der Waals surface area contributed by atoms with Crippen molar-refractivity contribution in [1.29, 1.82) is 0 Å². The predicted molar refractivity (Wildman–Crippen MR) is 67.8 cm³/mol. The number of carbonyl (C=O) groups is 2. The normalized spacial score (nSPS) is 9.95. The zero-order chi connectivity index (χ0) is 13.8. The minimum absolute atomic E-state index is 0.0405. The molecule has 96 valence electrons. The zero-order valence-electron chi connectivity index (χ0n) is 9.76. The van der Waals surface area contributed by atoms with Crippen LogP contribution in [0.5, 0.6) is 5.75 Å². The molecule has 0 aliphatic heterocycles. The average molecular weight is 259 g/mol. The van der Waals surface area contributed by atoms with E-state index in [1.165, 1.54) is 0 Å². The van der Waals surface area contributed by atoms with Gasteiger partial charge < -0.3 is 10.4 Å². The van der Waals surface area contributed by atoms with Gasteiger partial charge in [0.25, 0.3) is 5.91 Å². The van der Waals surface area contributed by atoms with Crippen LogP contribution in [0, 0.1) is 5.82 Å². The minimum atomic E-state index is -1.01. The zero-order valence-corrected chi connectivity index (χ0v) is 9.76. The number of para-hydroxylation sites is 1. The molecule has 0 radical (unpaired) electrons. The van der Waals surface area contributed by atoms with Crippen LogP contribution >= 0.6 is 0 Å². The van der Waals surface area contributed by atoms with Gasteiger partial charge in [-0.05, 0) is 24.3 Å². The summed E-state index contributed by atoms with van der Waals surface area (Å²) in [6, 6.07) is 10.6. The molecule has 0 atom stereocenters. The molecule has 0 heterocycles. The van der Waals surface area contributed by atoms with E-state index in [1.54, 1.807) is 30.3 Å². The van der Waals surface area contributed by atoms with Crippen molar-refractivity contribution in [2.24, 2.45) is 0 Å². The molecular formula is C14H10FNO3. The van der Waals surface area contributed by atoms with Crippen molar-refractivity contribution in [2.75, 3.05) is 5.32 Å². The topological polar surface area (TPSA) is 66.4 Å². The second-order valence-corrected chi connectivity index (χ2v) is 3.83. The Labute approximate surface area is 108 Å². The molecule has 0 aromatic heterocycles. The number of anilines is 1. The number of nitrogens with one attached hydrogen (secondary N) is 1. The van der Waals surface area contributed by atoms with Crippen molar-refractivity contribution in [3.8, 4) is 5.75 Å². The second kappa shape index (κ2) is 5.30. The maximum absolute atomic E-state index is 13.3. The molecule has 0 aliphatic carbocycles.